The summed E-state index contributed by atoms with van der Waals surface area (Å²) in [6.45, 7) is 0.313. The van der Waals surface area contributed by atoms with Crippen LogP contribution in [0, 0.1) is 0 Å². The molecule has 0 spiro atoms. The highest BCUT2D eigenvalue weighted by Crippen LogP contribution is 2.29. The highest BCUT2D eigenvalue weighted by atomic mass is 79.9. The summed E-state index contributed by atoms with van der Waals surface area (Å²) in [7, 11) is 1.66. The van der Waals surface area contributed by atoms with E-state index in [9.17, 15) is 0 Å². The van der Waals surface area contributed by atoms with Crippen LogP contribution < -0.4 is 14.9 Å². The lowest BCUT2D eigenvalue weighted by Gasteiger charge is -2.32. The zero-order valence-corrected chi connectivity index (χ0v) is 18.7. The van der Waals surface area contributed by atoms with Crippen LogP contribution in [0.25, 0.3) is 5.70 Å². The number of aliphatic imine (C=N–C) groups is 1. The lowest BCUT2D eigenvalue weighted by atomic mass is 10.1. The van der Waals surface area contributed by atoms with E-state index in [4.69, 9.17) is 14.5 Å². The lowest BCUT2D eigenvalue weighted by molar-refractivity contribution is 0.162. The molecule has 0 unspecified atom stereocenters. The Kier molecular flexibility index (Phi) is 6.61. The van der Waals surface area contributed by atoms with Crippen LogP contribution in [0.1, 0.15) is 5.56 Å². The van der Waals surface area contributed by atoms with Gasteiger partial charge in [0.15, 0.2) is 11.9 Å². The van der Waals surface area contributed by atoms with E-state index in [0.717, 1.165) is 38.1 Å². The Balaban J connectivity index is 1.58. The number of amidine groups is 1. The molecule has 0 atom stereocenters. The Morgan fingerprint density at radius 1 is 0.933 bits per heavy atom. The fourth-order valence-electron chi connectivity index (χ4n) is 2.81. The first-order valence-electron chi connectivity index (χ1n) is 9.29. The van der Waals surface area contributed by atoms with Crippen LogP contribution in [0.5, 0.6) is 11.5 Å². The number of nitrogens with zero attached hydrogens (tertiary/aromatic N) is 2. The zero-order valence-electron chi connectivity index (χ0n) is 16.3. The number of rotatable bonds is 6. The van der Waals surface area contributed by atoms with E-state index < -0.39 is 0 Å². The van der Waals surface area contributed by atoms with Crippen molar-refractivity contribution in [2.75, 3.05) is 13.8 Å². The van der Waals surface area contributed by atoms with Crippen LogP contribution in [-0.4, -0.2) is 24.0 Å². The van der Waals surface area contributed by atoms with Crippen molar-refractivity contribution in [3.05, 3.63) is 94.3 Å². The average molecular weight is 482 g/mol. The van der Waals surface area contributed by atoms with Gasteiger partial charge in [0.25, 0.3) is 0 Å². The van der Waals surface area contributed by atoms with Crippen molar-refractivity contribution >= 4 is 44.2 Å². The predicted octanol–water partition coefficient (Wildman–Crippen LogP) is 6.03. The summed E-state index contributed by atoms with van der Waals surface area (Å²) in [5.41, 5.74) is 6.31. The standard InChI is InChI=1S/C23H20BrN3O2S/c1-28-20-11-7-17(8-12-20)22-15-30-23(25-19-5-3-2-4-6-19)26-27(22)16-29-21-13-9-18(24)10-14-21/h2-15H,16H2,1H3,(H,25,26). The molecule has 0 radical (unpaired) electrons. The summed E-state index contributed by atoms with van der Waals surface area (Å²) in [5.74, 6) is 1.61. The molecule has 152 valence electrons. The minimum Gasteiger partial charge on any atom is -0.497 e. The lowest BCUT2D eigenvalue weighted by Crippen LogP contribution is -2.43. The second-order valence-corrected chi connectivity index (χ2v) is 8.14. The average Bonchev–Trinajstić information content (AvgIpc) is 2.80. The molecule has 0 aliphatic carbocycles. The molecule has 7 heteroatoms. The van der Waals surface area contributed by atoms with Gasteiger partial charge in [-0.3, -0.25) is 5.43 Å². The monoisotopic (exact) mass is 481 g/mol. The fourth-order valence-corrected chi connectivity index (χ4v) is 3.88. The molecule has 0 aromatic heterocycles. The molecule has 3 aromatic rings. The van der Waals surface area contributed by atoms with Crippen molar-refractivity contribution in [1.82, 2.24) is 10.4 Å². The molecule has 1 aliphatic rings. The minimum atomic E-state index is 0.313. The maximum Gasteiger partial charge on any atom is 0.185 e. The Labute approximate surface area is 188 Å². The Morgan fingerprint density at radius 3 is 2.33 bits per heavy atom. The van der Waals surface area contributed by atoms with Crippen molar-refractivity contribution in [2.24, 2.45) is 4.99 Å². The number of hydrogen-bond donors (Lipinski definition) is 1. The van der Waals surface area contributed by atoms with E-state index in [-0.39, 0.29) is 0 Å². The number of nitrogens with one attached hydrogen (secondary N) is 1. The number of ether oxygens (including phenoxy) is 2. The molecule has 3 aromatic carbocycles. The third-order valence-electron chi connectivity index (χ3n) is 4.35. The second kappa shape index (κ2) is 9.73. The van der Waals surface area contributed by atoms with E-state index in [1.807, 2.05) is 83.9 Å². The molecular formula is C23H20BrN3O2S. The molecule has 1 N–H and O–H groups in total. The third kappa shape index (κ3) is 5.17. The summed E-state index contributed by atoms with van der Waals surface area (Å²) in [4.78, 5) is 4.69. The number of halogens is 1. The van der Waals surface area contributed by atoms with Gasteiger partial charge in [0.2, 0.25) is 0 Å². The van der Waals surface area contributed by atoms with Crippen LogP contribution in [0.2, 0.25) is 0 Å². The fraction of sp³-hybridized carbons (Fsp3) is 0.0870. The van der Waals surface area contributed by atoms with Crippen LogP contribution in [0.15, 0.2) is 93.7 Å². The third-order valence-corrected chi connectivity index (χ3v) is 5.63. The van der Waals surface area contributed by atoms with E-state index in [2.05, 4.69) is 26.8 Å². The largest absolute Gasteiger partial charge is 0.497 e. The molecule has 1 aliphatic heterocycles. The molecule has 0 saturated heterocycles. The van der Waals surface area contributed by atoms with Gasteiger partial charge in [-0.05, 0) is 60.7 Å². The minimum absolute atomic E-state index is 0.313. The first-order valence-corrected chi connectivity index (χ1v) is 11.0. The van der Waals surface area contributed by atoms with Gasteiger partial charge in [-0.15, -0.1) is 0 Å². The highest BCUT2D eigenvalue weighted by Gasteiger charge is 2.20. The maximum absolute atomic E-state index is 6.01. The van der Waals surface area contributed by atoms with Gasteiger partial charge >= 0.3 is 0 Å². The molecule has 5 nitrogen and oxygen atoms in total. The van der Waals surface area contributed by atoms with Gasteiger partial charge < -0.3 is 9.47 Å². The van der Waals surface area contributed by atoms with E-state index in [1.54, 1.807) is 18.9 Å². The molecule has 0 bridgehead atoms. The SMILES string of the molecule is COc1ccc(C2=CSC(=Nc3ccccc3)NN2COc2ccc(Br)cc2)cc1. The quantitative estimate of drug-likeness (QED) is 0.465. The van der Waals surface area contributed by atoms with Crippen molar-refractivity contribution in [1.29, 1.82) is 0 Å². The number of hydrogen-bond acceptors (Lipinski definition) is 5. The first-order chi connectivity index (χ1) is 14.7. The van der Waals surface area contributed by atoms with Crippen LogP contribution in [0.4, 0.5) is 5.69 Å². The molecular weight excluding hydrogens is 462 g/mol. The summed E-state index contributed by atoms with van der Waals surface area (Å²) in [6, 6.07) is 25.6. The zero-order chi connectivity index (χ0) is 20.8. The van der Waals surface area contributed by atoms with Crippen LogP contribution in [0.3, 0.4) is 0 Å². The smallest absolute Gasteiger partial charge is 0.185 e. The van der Waals surface area contributed by atoms with Crippen molar-refractivity contribution < 1.29 is 9.47 Å². The normalized spacial score (nSPS) is 14.8. The topological polar surface area (TPSA) is 46.1 Å². The summed E-state index contributed by atoms with van der Waals surface area (Å²) in [5, 5.41) is 4.80. The van der Waals surface area contributed by atoms with Gasteiger partial charge in [-0.1, -0.05) is 45.9 Å². The molecule has 4 rings (SSSR count). The first kappa shape index (κ1) is 20.4. The van der Waals surface area contributed by atoms with E-state index in [0.29, 0.717) is 6.73 Å². The van der Waals surface area contributed by atoms with Crippen molar-refractivity contribution in [3.8, 4) is 11.5 Å². The number of methoxy groups -OCH3 is 1. The second-order valence-electron chi connectivity index (χ2n) is 6.37. The number of hydrazine groups is 1. The summed E-state index contributed by atoms with van der Waals surface area (Å²) >= 11 is 4.99. The maximum atomic E-state index is 6.01. The van der Waals surface area contributed by atoms with Crippen LogP contribution in [-0.2, 0) is 0 Å². The summed E-state index contributed by atoms with van der Waals surface area (Å²) in [6.07, 6.45) is 0. The number of benzene rings is 3. The molecule has 1 heterocycles. The predicted molar refractivity (Wildman–Crippen MR) is 127 cm³/mol. The molecule has 0 amide bonds. The van der Waals surface area contributed by atoms with Crippen LogP contribution >= 0.6 is 27.7 Å². The van der Waals surface area contributed by atoms with Gasteiger partial charge in [0.05, 0.1) is 18.5 Å². The molecule has 0 saturated carbocycles. The van der Waals surface area contributed by atoms with Crippen molar-refractivity contribution in [2.45, 2.75) is 0 Å². The molecule has 30 heavy (non-hydrogen) atoms. The van der Waals surface area contributed by atoms with Gasteiger partial charge in [0, 0.05) is 15.4 Å². The molecule has 0 fully saturated rings. The van der Waals surface area contributed by atoms with Gasteiger partial charge in [-0.25, -0.2) is 10.0 Å². The van der Waals surface area contributed by atoms with Crippen molar-refractivity contribution in [3.63, 3.8) is 0 Å². The summed E-state index contributed by atoms with van der Waals surface area (Å²) < 4.78 is 12.3. The highest BCUT2D eigenvalue weighted by molar-refractivity contribution is 9.10. The van der Waals surface area contributed by atoms with Gasteiger partial charge in [0.1, 0.15) is 11.5 Å². The Bertz CT molecular complexity index is 1040. The van der Waals surface area contributed by atoms with E-state index in [1.165, 1.54) is 0 Å². The number of thioether (sulfide) groups is 1. The van der Waals surface area contributed by atoms with E-state index >= 15 is 0 Å². The number of para-hydroxylation sites is 1. The Hall–Kier alpha value is -2.90. The Morgan fingerprint density at radius 2 is 1.63 bits per heavy atom. The van der Waals surface area contributed by atoms with Gasteiger partial charge in [-0.2, -0.15) is 0 Å².